The zero-order valence-electron chi connectivity index (χ0n) is 18.4. The van der Waals surface area contributed by atoms with Gasteiger partial charge in [0.05, 0.1) is 5.92 Å². The molecule has 1 unspecified atom stereocenters. The van der Waals surface area contributed by atoms with Gasteiger partial charge in [0.1, 0.15) is 0 Å². The number of ether oxygens (including phenoxy) is 2. The van der Waals surface area contributed by atoms with Crippen molar-refractivity contribution in [3.05, 3.63) is 59.7 Å². The van der Waals surface area contributed by atoms with Gasteiger partial charge in [-0.3, -0.25) is 14.4 Å². The summed E-state index contributed by atoms with van der Waals surface area (Å²) in [7, 11) is 0. The van der Waals surface area contributed by atoms with Crippen molar-refractivity contribution in [1.82, 2.24) is 14.7 Å². The molecule has 0 aromatic heterocycles. The van der Waals surface area contributed by atoms with Crippen LogP contribution < -0.4 is 9.47 Å². The number of nitrogens with zero attached hydrogens (tertiary/aromatic N) is 3. The Morgan fingerprint density at radius 1 is 0.909 bits per heavy atom. The van der Waals surface area contributed by atoms with Crippen LogP contribution >= 0.6 is 0 Å². The molecule has 33 heavy (non-hydrogen) atoms. The molecule has 5 rings (SSSR count). The summed E-state index contributed by atoms with van der Waals surface area (Å²) < 4.78 is 10.7. The van der Waals surface area contributed by atoms with Crippen LogP contribution in [0, 0.1) is 5.92 Å². The summed E-state index contributed by atoms with van der Waals surface area (Å²) in [6.07, 6.45) is 0.957. The van der Waals surface area contributed by atoms with E-state index in [1.54, 1.807) is 28.0 Å². The smallest absolute Gasteiger partial charge is 0.254 e. The van der Waals surface area contributed by atoms with Crippen molar-refractivity contribution >= 4 is 17.7 Å². The molecule has 3 aliphatic heterocycles. The Morgan fingerprint density at radius 2 is 1.67 bits per heavy atom. The normalized spacial score (nSPS) is 20.2. The summed E-state index contributed by atoms with van der Waals surface area (Å²) in [6.45, 7) is 3.25. The molecule has 3 heterocycles. The van der Waals surface area contributed by atoms with E-state index < -0.39 is 0 Å². The molecule has 0 aliphatic carbocycles. The fourth-order valence-electron chi connectivity index (χ4n) is 4.71. The molecule has 2 aromatic rings. The molecule has 3 aliphatic rings. The minimum atomic E-state index is -0.322. The van der Waals surface area contributed by atoms with Crippen LogP contribution in [-0.4, -0.2) is 71.9 Å². The number of rotatable bonds is 4. The molecular formula is C25H27N3O5. The van der Waals surface area contributed by atoms with Gasteiger partial charge in [-0.1, -0.05) is 30.3 Å². The van der Waals surface area contributed by atoms with E-state index in [4.69, 9.17) is 9.47 Å². The van der Waals surface area contributed by atoms with Crippen LogP contribution in [0.5, 0.6) is 11.5 Å². The van der Waals surface area contributed by atoms with Crippen molar-refractivity contribution in [2.75, 3.05) is 39.5 Å². The summed E-state index contributed by atoms with van der Waals surface area (Å²) in [5, 5.41) is 0. The molecule has 1 atom stereocenters. The van der Waals surface area contributed by atoms with Crippen molar-refractivity contribution < 1.29 is 23.9 Å². The molecule has 2 aromatic carbocycles. The molecule has 2 fully saturated rings. The van der Waals surface area contributed by atoms with E-state index in [2.05, 4.69) is 0 Å². The highest BCUT2D eigenvalue weighted by atomic mass is 16.7. The minimum Gasteiger partial charge on any atom is -0.454 e. The maximum Gasteiger partial charge on any atom is 0.254 e. The van der Waals surface area contributed by atoms with E-state index in [9.17, 15) is 14.4 Å². The van der Waals surface area contributed by atoms with E-state index >= 15 is 0 Å². The molecule has 0 N–H and O–H groups in total. The summed E-state index contributed by atoms with van der Waals surface area (Å²) >= 11 is 0. The molecule has 0 bridgehead atoms. The lowest BCUT2D eigenvalue weighted by Gasteiger charge is -2.24. The Bertz CT molecular complexity index is 1060. The number of amides is 3. The number of carbonyl (C=O) groups excluding carboxylic acids is 3. The van der Waals surface area contributed by atoms with Crippen molar-refractivity contribution in [3.63, 3.8) is 0 Å². The number of hydrogen-bond donors (Lipinski definition) is 0. The van der Waals surface area contributed by atoms with Crippen molar-refractivity contribution in [3.8, 4) is 11.5 Å². The van der Waals surface area contributed by atoms with E-state index in [1.165, 1.54) is 0 Å². The van der Waals surface area contributed by atoms with Crippen LogP contribution in [0.25, 0.3) is 0 Å². The monoisotopic (exact) mass is 449 g/mol. The molecule has 0 spiro atoms. The Morgan fingerprint density at radius 3 is 2.52 bits per heavy atom. The zero-order chi connectivity index (χ0) is 22.8. The minimum absolute atomic E-state index is 0.0105. The van der Waals surface area contributed by atoms with Gasteiger partial charge in [0.25, 0.3) is 5.91 Å². The molecule has 3 amide bonds. The van der Waals surface area contributed by atoms with Crippen molar-refractivity contribution in [1.29, 1.82) is 0 Å². The van der Waals surface area contributed by atoms with Gasteiger partial charge >= 0.3 is 0 Å². The summed E-state index contributed by atoms with van der Waals surface area (Å²) in [5.74, 6) is 0.859. The second-order valence-corrected chi connectivity index (χ2v) is 8.70. The zero-order valence-corrected chi connectivity index (χ0v) is 18.4. The van der Waals surface area contributed by atoms with Gasteiger partial charge < -0.3 is 24.2 Å². The number of fused-ring (bicyclic) bond motifs is 1. The fraction of sp³-hybridized carbons (Fsp3) is 0.400. The summed E-state index contributed by atoms with van der Waals surface area (Å²) in [6, 6.07) is 15.0. The van der Waals surface area contributed by atoms with Gasteiger partial charge in [-0.15, -0.1) is 0 Å². The van der Waals surface area contributed by atoms with Gasteiger partial charge in [0.2, 0.25) is 18.6 Å². The average Bonchev–Trinajstić information content (AvgIpc) is 3.37. The Hall–Kier alpha value is -3.55. The number of benzene rings is 2. The van der Waals surface area contributed by atoms with Gasteiger partial charge in [0, 0.05) is 51.3 Å². The van der Waals surface area contributed by atoms with Gasteiger partial charge in [0.15, 0.2) is 11.5 Å². The Kier molecular flexibility index (Phi) is 5.90. The molecular weight excluding hydrogens is 422 g/mol. The van der Waals surface area contributed by atoms with Crippen LogP contribution in [-0.2, 0) is 16.1 Å². The van der Waals surface area contributed by atoms with Crippen LogP contribution in [0.1, 0.15) is 28.8 Å². The maximum atomic E-state index is 13.2. The Labute approximate surface area is 192 Å². The van der Waals surface area contributed by atoms with Gasteiger partial charge in [-0.25, -0.2) is 0 Å². The van der Waals surface area contributed by atoms with Crippen LogP contribution in [0.2, 0.25) is 0 Å². The molecule has 2 saturated heterocycles. The third-order valence-electron chi connectivity index (χ3n) is 6.49. The second kappa shape index (κ2) is 9.13. The lowest BCUT2D eigenvalue weighted by atomic mass is 10.1. The Balaban J connectivity index is 1.18. The third-order valence-corrected chi connectivity index (χ3v) is 6.49. The molecule has 172 valence electrons. The lowest BCUT2D eigenvalue weighted by Crippen LogP contribution is -2.40. The van der Waals surface area contributed by atoms with Crippen LogP contribution in [0.15, 0.2) is 48.5 Å². The second-order valence-electron chi connectivity index (χ2n) is 8.70. The molecule has 0 radical (unpaired) electrons. The highest BCUT2D eigenvalue weighted by Gasteiger charge is 2.37. The van der Waals surface area contributed by atoms with Gasteiger partial charge in [-0.05, 0) is 30.2 Å². The standard InChI is InChI=1S/C25H27N3O5/c29-23-14-20(16-28(23)15-18-5-2-1-3-6-18)25(31)27-10-4-9-26(11-12-27)24(30)19-7-8-21-22(13-19)33-17-32-21/h1-3,5-8,13,20H,4,9-12,14-17H2. The first-order chi connectivity index (χ1) is 16.1. The predicted molar refractivity (Wildman–Crippen MR) is 120 cm³/mol. The highest BCUT2D eigenvalue weighted by Crippen LogP contribution is 2.33. The van der Waals surface area contributed by atoms with Crippen molar-refractivity contribution in [2.45, 2.75) is 19.4 Å². The van der Waals surface area contributed by atoms with Crippen LogP contribution in [0.3, 0.4) is 0 Å². The summed E-state index contributed by atoms with van der Waals surface area (Å²) in [4.78, 5) is 44.1. The van der Waals surface area contributed by atoms with Gasteiger partial charge in [-0.2, -0.15) is 0 Å². The highest BCUT2D eigenvalue weighted by molar-refractivity contribution is 5.95. The largest absolute Gasteiger partial charge is 0.454 e. The quantitative estimate of drug-likeness (QED) is 0.715. The molecule has 0 saturated carbocycles. The first-order valence-electron chi connectivity index (χ1n) is 11.4. The van der Waals surface area contributed by atoms with E-state index in [1.807, 2.05) is 35.2 Å². The number of carbonyl (C=O) groups is 3. The SMILES string of the molecule is O=C1CC(C(=O)N2CCCN(C(=O)c3ccc4c(c3)OCO4)CC2)CN1Cc1ccccc1. The lowest BCUT2D eigenvalue weighted by molar-refractivity contribution is -0.135. The van der Waals surface area contributed by atoms with E-state index in [-0.39, 0.29) is 36.9 Å². The third kappa shape index (κ3) is 4.51. The summed E-state index contributed by atoms with van der Waals surface area (Å²) in [5.41, 5.74) is 1.61. The number of hydrogen-bond acceptors (Lipinski definition) is 5. The van der Waals surface area contributed by atoms with E-state index in [0.717, 1.165) is 5.56 Å². The predicted octanol–water partition coefficient (Wildman–Crippen LogP) is 2.14. The maximum absolute atomic E-state index is 13.2. The first-order valence-corrected chi connectivity index (χ1v) is 11.4. The van der Waals surface area contributed by atoms with E-state index in [0.29, 0.717) is 62.8 Å². The first kappa shape index (κ1) is 21.3. The van der Waals surface area contributed by atoms with Crippen molar-refractivity contribution in [2.24, 2.45) is 5.92 Å². The average molecular weight is 450 g/mol. The molecule has 8 heteroatoms. The topological polar surface area (TPSA) is 79.4 Å². The number of likely N-dealkylation sites (tertiary alicyclic amines) is 1. The fourth-order valence-corrected chi connectivity index (χ4v) is 4.71. The molecule has 8 nitrogen and oxygen atoms in total. The van der Waals surface area contributed by atoms with Crippen LogP contribution in [0.4, 0.5) is 0 Å².